The van der Waals surface area contributed by atoms with Gasteiger partial charge in [0, 0.05) is 13.1 Å². The van der Waals surface area contributed by atoms with Crippen molar-refractivity contribution in [1.82, 2.24) is 4.31 Å². The Hall–Kier alpha value is -1.40. The highest BCUT2D eigenvalue weighted by Gasteiger charge is 2.37. The molecule has 2 rings (SSSR count). The van der Waals surface area contributed by atoms with Crippen LogP contribution in [0.2, 0.25) is 0 Å². The quantitative estimate of drug-likeness (QED) is 0.885. The highest BCUT2D eigenvalue weighted by molar-refractivity contribution is 7.89. The van der Waals surface area contributed by atoms with Gasteiger partial charge in [-0.3, -0.25) is 4.79 Å². The first-order valence-corrected chi connectivity index (χ1v) is 7.68. The van der Waals surface area contributed by atoms with Gasteiger partial charge in [-0.25, -0.2) is 8.42 Å². The molecule has 0 aliphatic carbocycles. The fourth-order valence-electron chi connectivity index (χ4n) is 2.14. The summed E-state index contributed by atoms with van der Waals surface area (Å²) in [4.78, 5) is 10.8. The summed E-state index contributed by atoms with van der Waals surface area (Å²) in [6, 6.07) is 6.83. The van der Waals surface area contributed by atoms with Crippen LogP contribution >= 0.6 is 0 Å². The summed E-state index contributed by atoms with van der Waals surface area (Å²) in [6.45, 7) is 2.60. The number of benzene rings is 1. The molecule has 1 aliphatic rings. The van der Waals surface area contributed by atoms with Crippen LogP contribution in [0, 0.1) is 5.92 Å². The molecule has 0 radical (unpaired) electrons. The minimum atomic E-state index is -3.46. The lowest BCUT2D eigenvalue weighted by Gasteiger charge is -2.37. The number of sulfonamides is 1. The van der Waals surface area contributed by atoms with E-state index < -0.39 is 16.0 Å². The molecule has 0 saturated carbocycles. The second kappa shape index (κ2) is 5.30. The van der Waals surface area contributed by atoms with Gasteiger partial charge < -0.3 is 5.11 Å². The first-order valence-electron chi connectivity index (χ1n) is 6.24. The van der Waals surface area contributed by atoms with Gasteiger partial charge in [-0.05, 0) is 30.0 Å². The van der Waals surface area contributed by atoms with Crippen molar-refractivity contribution in [2.24, 2.45) is 5.92 Å². The molecule has 1 fully saturated rings. The molecule has 1 aromatic carbocycles. The largest absolute Gasteiger partial charge is 0.481 e. The molecule has 0 amide bonds. The minimum absolute atomic E-state index is 0.0286. The molecule has 104 valence electrons. The lowest BCUT2D eigenvalue weighted by molar-refractivity contribution is -0.139. The maximum Gasteiger partial charge on any atom is 0.303 e. The van der Waals surface area contributed by atoms with Crippen molar-refractivity contribution in [2.75, 3.05) is 13.1 Å². The van der Waals surface area contributed by atoms with E-state index in [9.17, 15) is 13.2 Å². The molecule has 1 N–H and O–H groups in total. The molecule has 1 saturated heterocycles. The van der Waals surface area contributed by atoms with Gasteiger partial charge in [0.1, 0.15) is 0 Å². The molecule has 1 heterocycles. The van der Waals surface area contributed by atoms with E-state index in [1.165, 1.54) is 4.31 Å². The molecule has 0 bridgehead atoms. The first kappa shape index (κ1) is 14.0. The maximum atomic E-state index is 12.2. The van der Waals surface area contributed by atoms with Crippen molar-refractivity contribution in [3.8, 4) is 0 Å². The Morgan fingerprint density at radius 3 is 2.37 bits per heavy atom. The van der Waals surface area contributed by atoms with Gasteiger partial charge in [-0.15, -0.1) is 0 Å². The monoisotopic (exact) mass is 283 g/mol. The SMILES string of the molecule is CCc1ccc(S(=O)(=O)N2CC(CC(=O)O)C2)cc1. The first-order chi connectivity index (χ1) is 8.93. The molecule has 0 atom stereocenters. The van der Waals surface area contributed by atoms with E-state index in [0.29, 0.717) is 13.1 Å². The fourth-order valence-corrected chi connectivity index (χ4v) is 3.73. The number of rotatable bonds is 5. The van der Waals surface area contributed by atoms with Crippen LogP contribution in [0.3, 0.4) is 0 Å². The summed E-state index contributed by atoms with van der Waals surface area (Å²) in [5, 5.41) is 8.64. The molecule has 6 heteroatoms. The van der Waals surface area contributed by atoms with Gasteiger partial charge in [0.05, 0.1) is 11.3 Å². The van der Waals surface area contributed by atoms with Crippen molar-refractivity contribution >= 4 is 16.0 Å². The van der Waals surface area contributed by atoms with E-state index in [1.807, 2.05) is 6.92 Å². The van der Waals surface area contributed by atoms with E-state index in [0.717, 1.165) is 12.0 Å². The summed E-state index contributed by atoms with van der Waals surface area (Å²) < 4.78 is 25.8. The standard InChI is InChI=1S/C13H17NO4S/c1-2-10-3-5-12(6-4-10)19(17,18)14-8-11(9-14)7-13(15)16/h3-6,11H,2,7-9H2,1H3,(H,15,16). The van der Waals surface area contributed by atoms with Crippen LogP contribution in [0.5, 0.6) is 0 Å². The van der Waals surface area contributed by atoms with Gasteiger partial charge in [-0.2, -0.15) is 4.31 Å². The molecule has 1 aromatic rings. The van der Waals surface area contributed by atoms with Crippen LogP contribution < -0.4 is 0 Å². The molecule has 0 spiro atoms. The van der Waals surface area contributed by atoms with Crippen LogP contribution in [0.1, 0.15) is 18.9 Å². The topological polar surface area (TPSA) is 74.7 Å². The summed E-state index contributed by atoms with van der Waals surface area (Å²) in [6.07, 6.45) is 0.894. The van der Waals surface area contributed by atoms with E-state index in [1.54, 1.807) is 24.3 Å². The predicted octanol–water partition coefficient (Wildman–Crippen LogP) is 1.34. The lowest BCUT2D eigenvalue weighted by Crippen LogP contribution is -2.50. The zero-order valence-electron chi connectivity index (χ0n) is 10.7. The average molecular weight is 283 g/mol. The van der Waals surface area contributed by atoms with Crippen LogP contribution in [-0.4, -0.2) is 36.9 Å². The molecule has 5 nitrogen and oxygen atoms in total. The van der Waals surface area contributed by atoms with Gasteiger partial charge in [0.25, 0.3) is 0 Å². The average Bonchev–Trinajstić information content (AvgIpc) is 2.33. The summed E-state index contributed by atoms with van der Waals surface area (Å²) in [5.41, 5.74) is 1.09. The van der Waals surface area contributed by atoms with Crippen LogP contribution in [0.25, 0.3) is 0 Å². The van der Waals surface area contributed by atoms with Gasteiger partial charge in [0.15, 0.2) is 0 Å². The summed E-state index contributed by atoms with van der Waals surface area (Å²) >= 11 is 0. The third-order valence-electron chi connectivity index (χ3n) is 3.36. The molecular formula is C13H17NO4S. The number of hydrogen-bond acceptors (Lipinski definition) is 3. The Balaban J connectivity index is 2.05. The Bertz CT molecular complexity index is 559. The third kappa shape index (κ3) is 2.96. The lowest BCUT2D eigenvalue weighted by atomic mass is 10.00. The van der Waals surface area contributed by atoms with Crippen LogP contribution in [0.15, 0.2) is 29.2 Å². The summed E-state index contributed by atoms with van der Waals surface area (Å²) in [5.74, 6) is -0.948. The Kier molecular flexibility index (Phi) is 3.91. The highest BCUT2D eigenvalue weighted by atomic mass is 32.2. The zero-order chi connectivity index (χ0) is 14.0. The number of hydrogen-bond donors (Lipinski definition) is 1. The summed E-state index contributed by atoms with van der Waals surface area (Å²) in [7, 11) is -3.46. The van der Waals surface area contributed by atoms with E-state index in [-0.39, 0.29) is 17.2 Å². The number of aryl methyl sites for hydroxylation is 1. The Morgan fingerprint density at radius 1 is 1.32 bits per heavy atom. The number of carbonyl (C=O) groups is 1. The highest BCUT2D eigenvalue weighted by Crippen LogP contribution is 2.27. The zero-order valence-corrected chi connectivity index (χ0v) is 11.6. The maximum absolute atomic E-state index is 12.2. The minimum Gasteiger partial charge on any atom is -0.481 e. The number of nitrogens with zero attached hydrogens (tertiary/aromatic N) is 1. The van der Waals surface area contributed by atoms with E-state index in [4.69, 9.17) is 5.11 Å². The van der Waals surface area contributed by atoms with Gasteiger partial charge >= 0.3 is 5.97 Å². The van der Waals surface area contributed by atoms with Crippen LogP contribution in [0.4, 0.5) is 0 Å². The third-order valence-corrected chi connectivity index (χ3v) is 5.20. The van der Waals surface area contributed by atoms with Gasteiger partial charge in [0.2, 0.25) is 10.0 Å². The molecule has 1 aliphatic heterocycles. The van der Waals surface area contributed by atoms with Crippen molar-refractivity contribution < 1.29 is 18.3 Å². The number of aliphatic carboxylic acids is 1. The van der Waals surface area contributed by atoms with Crippen molar-refractivity contribution in [3.05, 3.63) is 29.8 Å². The van der Waals surface area contributed by atoms with Gasteiger partial charge in [-0.1, -0.05) is 19.1 Å². The molecule has 19 heavy (non-hydrogen) atoms. The Morgan fingerprint density at radius 2 is 1.89 bits per heavy atom. The van der Waals surface area contributed by atoms with Crippen LogP contribution in [-0.2, 0) is 21.2 Å². The second-order valence-electron chi connectivity index (χ2n) is 4.78. The molecular weight excluding hydrogens is 266 g/mol. The van der Waals surface area contributed by atoms with Crippen molar-refractivity contribution in [3.63, 3.8) is 0 Å². The normalized spacial score (nSPS) is 17.1. The Labute approximate surface area is 112 Å². The smallest absolute Gasteiger partial charge is 0.303 e. The number of carboxylic acid groups (broad SMARTS) is 1. The molecule has 0 aromatic heterocycles. The fraction of sp³-hybridized carbons (Fsp3) is 0.462. The predicted molar refractivity (Wildman–Crippen MR) is 70.3 cm³/mol. The van der Waals surface area contributed by atoms with E-state index >= 15 is 0 Å². The second-order valence-corrected chi connectivity index (χ2v) is 6.72. The van der Waals surface area contributed by atoms with Crippen molar-refractivity contribution in [1.29, 1.82) is 0 Å². The number of carboxylic acids is 1. The van der Waals surface area contributed by atoms with Crippen molar-refractivity contribution in [2.45, 2.75) is 24.7 Å². The van der Waals surface area contributed by atoms with E-state index in [2.05, 4.69) is 0 Å². The molecule has 0 unspecified atom stereocenters.